The maximum Gasteiger partial charge on any atom is 0.338 e. The number of hydrogen-bond donors (Lipinski definition) is 0. The van der Waals surface area contributed by atoms with Gasteiger partial charge in [0.1, 0.15) is 0 Å². The first-order valence-electron chi connectivity index (χ1n) is 5.61. The van der Waals surface area contributed by atoms with Gasteiger partial charge in [0, 0.05) is 12.4 Å². The van der Waals surface area contributed by atoms with Crippen molar-refractivity contribution >= 4 is 5.97 Å². The largest absolute Gasteiger partial charge is 0.462 e. The van der Waals surface area contributed by atoms with Crippen molar-refractivity contribution in [1.29, 1.82) is 0 Å². The summed E-state index contributed by atoms with van der Waals surface area (Å²) in [5, 5.41) is 0. The molecule has 98 valence electrons. The summed E-state index contributed by atoms with van der Waals surface area (Å²) in [4.78, 5) is 19.2. The van der Waals surface area contributed by atoms with Crippen LogP contribution in [0.2, 0.25) is 0 Å². The smallest absolute Gasteiger partial charge is 0.338 e. The fourth-order valence-corrected chi connectivity index (χ4v) is 1.37. The van der Waals surface area contributed by atoms with E-state index >= 15 is 0 Å². The van der Waals surface area contributed by atoms with Gasteiger partial charge in [0.15, 0.2) is 11.6 Å². The van der Waals surface area contributed by atoms with Gasteiger partial charge >= 0.3 is 5.97 Å². The van der Waals surface area contributed by atoms with Crippen LogP contribution in [0.3, 0.4) is 0 Å². The zero-order valence-electron chi connectivity index (χ0n) is 10.2. The first kappa shape index (κ1) is 12.9. The van der Waals surface area contributed by atoms with E-state index in [1.807, 2.05) is 0 Å². The van der Waals surface area contributed by atoms with Crippen LogP contribution in [0.15, 0.2) is 36.8 Å². The van der Waals surface area contributed by atoms with Crippen LogP contribution in [0.5, 0.6) is 11.6 Å². The molecule has 0 aliphatic rings. The molecule has 0 radical (unpaired) electrons. The fraction of sp³-hybridized carbons (Fsp3) is 0.154. The van der Waals surface area contributed by atoms with Gasteiger partial charge < -0.3 is 9.47 Å². The van der Waals surface area contributed by atoms with Crippen molar-refractivity contribution in [3.63, 3.8) is 0 Å². The Bertz CT molecular complexity index is 575. The third kappa shape index (κ3) is 3.25. The number of halogens is 1. The molecule has 0 atom stereocenters. The molecule has 1 heterocycles. The Balaban J connectivity index is 2.25. The Morgan fingerprint density at radius 2 is 2.21 bits per heavy atom. The lowest BCUT2D eigenvalue weighted by Gasteiger charge is -2.07. The molecule has 0 amide bonds. The van der Waals surface area contributed by atoms with Crippen molar-refractivity contribution in [3.05, 3.63) is 48.2 Å². The molecule has 2 rings (SSSR count). The van der Waals surface area contributed by atoms with E-state index in [9.17, 15) is 9.18 Å². The van der Waals surface area contributed by atoms with Crippen molar-refractivity contribution in [2.45, 2.75) is 6.92 Å². The maximum atomic E-state index is 13.6. The quantitative estimate of drug-likeness (QED) is 0.792. The monoisotopic (exact) mass is 262 g/mol. The molecule has 6 heteroatoms. The van der Waals surface area contributed by atoms with Gasteiger partial charge in [0.05, 0.1) is 18.4 Å². The van der Waals surface area contributed by atoms with E-state index in [4.69, 9.17) is 9.47 Å². The third-order valence-corrected chi connectivity index (χ3v) is 2.20. The van der Waals surface area contributed by atoms with E-state index in [1.165, 1.54) is 30.7 Å². The number of benzene rings is 1. The van der Waals surface area contributed by atoms with Crippen LogP contribution in [0.25, 0.3) is 0 Å². The topological polar surface area (TPSA) is 61.3 Å². The molecular weight excluding hydrogens is 251 g/mol. The van der Waals surface area contributed by atoms with E-state index < -0.39 is 11.8 Å². The number of nitrogens with zero attached hydrogens (tertiary/aromatic N) is 2. The summed E-state index contributed by atoms with van der Waals surface area (Å²) in [6, 6.07) is 3.73. The van der Waals surface area contributed by atoms with E-state index in [1.54, 1.807) is 6.92 Å². The van der Waals surface area contributed by atoms with Crippen LogP contribution >= 0.6 is 0 Å². The lowest BCUT2D eigenvalue weighted by Crippen LogP contribution is -2.05. The molecule has 19 heavy (non-hydrogen) atoms. The second-order valence-electron chi connectivity index (χ2n) is 3.51. The Kier molecular flexibility index (Phi) is 4.02. The lowest BCUT2D eigenvalue weighted by molar-refractivity contribution is 0.0526. The minimum atomic E-state index is -0.598. The second-order valence-corrected chi connectivity index (χ2v) is 3.51. The van der Waals surface area contributed by atoms with Crippen molar-refractivity contribution in [2.24, 2.45) is 0 Å². The molecule has 0 saturated carbocycles. The summed E-state index contributed by atoms with van der Waals surface area (Å²) in [6.45, 7) is 1.94. The van der Waals surface area contributed by atoms with E-state index in [-0.39, 0.29) is 23.8 Å². The normalized spacial score (nSPS) is 10.0. The number of carbonyl (C=O) groups excluding carboxylic acids is 1. The van der Waals surface area contributed by atoms with E-state index in [2.05, 4.69) is 9.97 Å². The Morgan fingerprint density at radius 3 is 2.89 bits per heavy atom. The van der Waals surface area contributed by atoms with Gasteiger partial charge in [0.25, 0.3) is 0 Å². The predicted octanol–water partition coefficient (Wildman–Crippen LogP) is 2.58. The number of hydrogen-bond acceptors (Lipinski definition) is 5. The number of aromatic nitrogens is 2. The highest BCUT2D eigenvalue weighted by Gasteiger charge is 2.12. The first-order chi connectivity index (χ1) is 9.20. The molecular formula is C13H11FN2O3. The summed E-state index contributed by atoms with van der Waals surface area (Å²) in [6.07, 6.45) is 4.23. The maximum absolute atomic E-state index is 13.6. The van der Waals surface area contributed by atoms with Crippen LogP contribution in [-0.2, 0) is 4.74 Å². The standard InChI is InChI=1S/C13H11FN2O3/c1-2-18-13(17)9-3-4-10(14)11(7-9)19-12-8-15-5-6-16-12/h3-8H,2H2,1H3. The Labute approximate surface area is 109 Å². The molecule has 0 spiro atoms. The van der Waals surface area contributed by atoms with E-state index in [0.29, 0.717) is 0 Å². The zero-order valence-corrected chi connectivity index (χ0v) is 10.2. The summed E-state index contributed by atoms with van der Waals surface area (Å²) >= 11 is 0. The minimum absolute atomic E-state index is 0.106. The molecule has 0 fully saturated rings. The summed E-state index contributed by atoms with van der Waals surface area (Å²) in [7, 11) is 0. The van der Waals surface area contributed by atoms with Gasteiger partial charge in [-0.15, -0.1) is 0 Å². The Morgan fingerprint density at radius 1 is 1.37 bits per heavy atom. The molecule has 0 saturated heterocycles. The van der Waals surface area contributed by atoms with Gasteiger partial charge in [-0.3, -0.25) is 4.98 Å². The summed E-state index contributed by atoms with van der Waals surface area (Å²) < 4.78 is 23.6. The number of ether oxygens (including phenoxy) is 2. The zero-order chi connectivity index (χ0) is 13.7. The second kappa shape index (κ2) is 5.90. The highest BCUT2D eigenvalue weighted by atomic mass is 19.1. The van der Waals surface area contributed by atoms with Gasteiger partial charge in [-0.2, -0.15) is 0 Å². The first-order valence-corrected chi connectivity index (χ1v) is 5.61. The number of esters is 1. The molecule has 1 aromatic carbocycles. The molecule has 0 unspecified atom stereocenters. The van der Waals surface area contributed by atoms with Crippen LogP contribution in [-0.4, -0.2) is 22.5 Å². The average molecular weight is 262 g/mol. The van der Waals surface area contributed by atoms with Crippen molar-refractivity contribution in [1.82, 2.24) is 9.97 Å². The highest BCUT2D eigenvalue weighted by molar-refractivity contribution is 5.89. The predicted molar refractivity (Wildman–Crippen MR) is 64.5 cm³/mol. The summed E-state index contributed by atoms with van der Waals surface area (Å²) in [5.41, 5.74) is 0.210. The van der Waals surface area contributed by atoms with Gasteiger partial charge in [-0.05, 0) is 25.1 Å². The van der Waals surface area contributed by atoms with Gasteiger partial charge in [0.2, 0.25) is 5.88 Å². The van der Waals surface area contributed by atoms with Crippen LogP contribution in [0.1, 0.15) is 17.3 Å². The van der Waals surface area contributed by atoms with Crippen molar-refractivity contribution < 1.29 is 18.7 Å². The number of carbonyl (C=O) groups is 1. The lowest BCUT2D eigenvalue weighted by atomic mass is 10.2. The molecule has 0 bridgehead atoms. The minimum Gasteiger partial charge on any atom is -0.462 e. The van der Waals surface area contributed by atoms with Gasteiger partial charge in [-0.1, -0.05) is 0 Å². The molecule has 0 aliphatic carbocycles. The Hall–Kier alpha value is -2.50. The van der Waals surface area contributed by atoms with Gasteiger partial charge in [-0.25, -0.2) is 14.2 Å². The third-order valence-electron chi connectivity index (χ3n) is 2.20. The average Bonchev–Trinajstić information content (AvgIpc) is 2.42. The molecule has 0 aliphatic heterocycles. The van der Waals surface area contributed by atoms with Crippen LogP contribution < -0.4 is 4.74 Å². The molecule has 0 N–H and O–H groups in total. The molecule has 5 nitrogen and oxygen atoms in total. The fourth-order valence-electron chi connectivity index (χ4n) is 1.37. The van der Waals surface area contributed by atoms with Crippen molar-refractivity contribution in [3.8, 4) is 11.6 Å². The SMILES string of the molecule is CCOC(=O)c1ccc(F)c(Oc2cnccn2)c1. The van der Waals surface area contributed by atoms with Crippen molar-refractivity contribution in [2.75, 3.05) is 6.61 Å². The number of rotatable bonds is 4. The summed E-state index contributed by atoms with van der Waals surface area (Å²) in [5.74, 6) is -1.10. The van der Waals surface area contributed by atoms with Crippen LogP contribution in [0.4, 0.5) is 4.39 Å². The van der Waals surface area contributed by atoms with Crippen LogP contribution in [0, 0.1) is 5.82 Å². The molecule has 2 aromatic rings. The highest BCUT2D eigenvalue weighted by Crippen LogP contribution is 2.24. The molecule has 1 aromatic heterocycles. The van der Waals surface area contributed by atoms with E-state index in [0.717, 1.165) is 6.07 Å².